The summed E-state index contributed by atoms with van der Waals surface area (Å²) >= 11 is 0. The highest BCUT2D eigenvalue weighted by atomic mass is 15.1. The molecule has 98 valence electrons. The molecule has 2 aromatic rings. The van der Waals surface area contributed by atoms with Gasteiger partial charge in [0.2, 0.25) is 0 Å². The normalized spacial score (nSPS) is 22.9. The van der Waals surface area contributed by atoms with E-state index in [9.17, 15) is 0 Å². The van der Waals surface area contributed by atoms with Gasteiger partial charge in [-0.15, -0.1) is 0 Å². The van der Waals surface area contributed by atoms with Gasteiger partial charge in [0.15, 0.2) is 0 Å². The van der Waals surface area contributed by atoms with E-state index in [1.165, 1.54) is 28.9 Å². The maximum absolute atomic E-state index is 4.39. The molecule has 1 atom stereocenters. The van der Waals surface area contributed by atoms with Gasteiger partial charge in [-0.25, -0.2) is 4.98 Å². The molecule has 1 unspecified atom stereocenters. The molecule has 3 heteroatoms. The van der Waals surface area contributed by atoms with E-state index in [4.69, 9.17) is 0 Å². The molecule has 0 amide bonds. The highest BCUT2D eigenvalue weighted by Gasteiger charge is 2.47. The number of aromatic nitrogens is 2. The molecule has 1 aromatic heterocycles. The third-order valence-electron chi connectivity index (χ3n) is 4.59. The molecule has 0 radical (unpaired) electrons. The second kappa shape index (κ2) is 3.62. The van der Waals surface area contributed by atoms with Crippen molar-refractivity contribution < 1.29 is 0 Å². The maximum Gasteiger partial charge on any atom is 0.0953 e. The van der Waals surface area contributed by atoms with Crippen molar-refractivity contribution in [2.75, 3.05) is 11.9 Å². The van der Waals surface area contributed by atoms with E-state index in [0.717, 1.165) is 13.0 Å². The van der Waals surface area contributed by atoms with Gasteiger partial charge in [-0.05, 0) is 23.8 Å². The predicted molar refractivity (Wildman–Crippen MR) is 77.3 cm³/mol. The fraction of sp³-hybridized carbons (Fsp3) is 0.438. The number of nitrogens with one attached hydrogen (secondary N) is 1. The van der Waals surface area contributed by atoms with Crippen molar-refractivity contribution in [3.63, 3.8) is 0 Å². The average Bonchev–Trinajstić information content (AvgIpc) is 2.84. The first kappa shape index (κ1) is 11.1. The number of hydrogen-bond donors (Lipinski definition) is 1. The first-order chi connectivity index (χ1) is 9.17. The van der Waals surface area contributed by atoms with Gasteiger partial charge in [0.1, 0.15) is 0 Å². The van der Waals surface area contributed by atoms with Crippen LogP contribution in [0.25, 0.3) is 11.3 Å². The molecule has 1 aliphatic heterocycles. The third-order valence-corrected chi connectivity index (χ3v) is 4.59. The van der Waals surface area contributed by atoms with Crippen LogP contribution in [0.2, 0.25) is 0 Å². The molecule has 1 fully saturated rings. The topological polar surface area (TPSA) is 29.9 Å². The number of rotatable bonds is 2. The minimum absolute atomic E-state index is 0.417. The number of imidazole rings is 1. The molecule has 4 rings (SSSR count). The van der Waals surface area contributed by atoms with Gasteiger partial charge in [-0.1, -0.05) is 32.0 Å². The van der Waals surface area contributed by atoms with Crippen LogP contribution in [0.4, 0.5) is 5.69 Å². The van der Waals surface area contributed by atoms with Gasteiger partial charge in [0.05, 0.1) is 18.2 Å². The van der Waals surface area contributed by atoms with Crippen LogP contribution in [-0.4, -0.2) is 16.1 Å². The lowest BCUT2D eigenvalue weighted by Gasteiger charge is -2.13. The van der Waals surface area contributed by atoms with Gasteiger partial charge in [-0.2, -0.15) is 0 Å². The first-order valence-corrected chi connectivity index (χ1v) is 7.05. The minimum atomic E-state index is 0.417. The van der Waals surface area contributed by atoms with Crippen LogP contribution >= 0.6 is 0 Å². The van der Waals surface area contributed by atoms with E-state index in [1.807, 2.05) is 12.5 Å². The number of anilines is 1. The third kappa shape index (κ3) is 1.61. The molecule has 0 saturated heterocycles. The van der Waals surface area contributed by atoms with Crippen molar-refractivity contribution in [2.45, 2.75) is 32.7 Å². The van der Waals surface area contributed by atoms with Crippen LogP contribution in [0.1, 0.15) is 31.9 Å². The van der Waals surface area contributed by atoms with Crippen molar-refractivity contribution in [2.24, 2.45) is 5.41 Å². The summed E-state index contributed by atoms with van der Waals surface area (Å²) in [4.78, 5) is 4.39. The van der Waals surface area contributed by atoms with Crippen LogP contribution in [0.15, 0.2) is 30.7 Å². The summed E-state index contributed by atoms with van der Waals surface area (Å²) in [7, 11) is 0. The van der Waals surface area contributed by atoms with E-state index in [2.05, 4.69) is 46.9 Å². The first-order valence-electron chi connectivity index (χ1n) is 7.05. The quantitative estimate of drug-likeness (QED) is 0.888. The Morgan fingerprint density at radius 1 is 1.37 bits per heavy atom. The smallest absolute Gasteiger partial charge is 0.0953 e. The van der Waals surface area contributed by atoms with Crippen molar-refractivity contribution in [3.8, 4) is 11.3 Å². The predicted octanol–water partition coefficient (Wildman–Crippen LogP) is 3.49. The van der Waals surface area contributed by atoms with Gasteiger partial charge in [-0.3, -0.25) is 0 Å². The number of para-hydroxylation sites is 1. The van der Waals surface area contributed by atoms with Crippen molar-refractivity contribution in [3.05, 3.63) is 36.3 Å². The Kier molecular flexibility index (Phi) is 2.12. The second-order valence-corrected chi connectivity index (χ2v) is 6.41. The second-order valence-electron chi connectivity index (χ2n) is 6.41. The van der Waals surface area contributed by atoms with Crippen LogP contribution in [0, 0.1) is 5.41 Å². The van der Waals surface area contributed by atoms with Gasteiger partial charge in [0.25, 0.3) is 0 Å². The molecule has 1 aliphatic carbocycles. The zero-order chi connectivity index (χ0) is 13.0. The summed E-state index contributed by atoms with van der Waals surface area (Å²) < 4.78 is 2.36. The number of hydrogen-bond acceptors (Lipinski definition) is 2. The van der Waals surface area contributed by atoms with Crippen LogP contribution < -0.4 is 5.32 Å². The summed E-state index contributed by atoms with van der Waals surface area (Å²) in [6.07, 6.45) is 6.37. The fourth-order valence-electron chi connectivity index (χ4n) is 3.23. The monoisotopic (exact) mass is 253 g/mol. The van der Waals surface area contributed by atoms with E-state index < -0.39 is 0 Å². The van der Waals surface area contributed by atoms with Crippen LogP contribution in [0.5, 0.6) is 0 Å². The van der Waals surface area contributed by atoms with Gasteiger partial charge < -0.3 is 9.88 Å². The summed E-state index contributed by atoms with van der Waals surface area (Å²) in [6.45, 7) is 5.71. The SMILES string of the molecule is CC1(C)CC1n1cncc1-c1cccc2c1NCC2. The molecule has 0 bridgehead atoms. The Balaban J connectivity index is 1.82. The summed E-state index contributed by atoms with van der Waals surface area (Å²) in [6, 6.07) is 7.19. The molecule has 1 saturated carbocycles. The Morgan fingerprint density at radius 2 is 2.21 bits per heavy atom. The lowest BCUT2D eigenvalue weighted by atomic mass is 10.0. The molecule has 3 nitrogen and oxygen atoms in total. The number of nitrogens with zero attached hydrogens (tertiary/aromatic N) is 2. The molecule has 0 spiro atoms. The molecule has 19 heavy (non-hydrogen) atoms. The molecular formula is C16H19N3. The van der Waals surface area contributed by atoms with E-state index in [-0.39, 0.29) is 0 Å². The molecule has 1 N–H and O–H groups in total. The zero-order valence-electron chi connectivity index (χ0n) is 11.5. The van der Waals surface area contributed by atoms with Crippen LogP contribution in [-0.2, 0) is 6.42 Å². The zero-order valence-corrected chi connectivity index (χ0v) is 11.5. The largest absolute Gasteiger partial charge is 0.384 e. The summed E-state index contributed by atoms with van der Waals surface area (Å²) in [5, 5.41) is 3.52. The van der Waals surface area contributed by atoms with Gasteiger partial charge in [0, 0.05) is 23.8 Å². The van der Waals surface area contributed by atoms with E-state index >= 15 is 0 Å². The van der Waals surface area contributed by atoms with E-state index in [1.54, 1.807) is 0 Å². The van der Waals surface area contributed by atoms with Crippen molar-refractivity contribution in [1.82, 2.24) is 9.55 Å². The molecule has 2 aliphatic rings. The van der Waals surface area contributed by atoms with Crippen LogP contribution in [0.3, 0.4) is 0 Å². The fourth-order valence-corrected chi connectivity index (χ4v) is 3.23. The lowest BCUT2D eigenvalue weighted by Crippen LogP contribution is -2.02. The Hall–Kier alpha value is -1.77. The molecular weight excluding hydrogens is 234 g/mol. The van der Waals surface area contributed by atoms with Crippen molar-refractivity contribution in [1.29, 1.82) is 0 Å². The molecule has 2 heterocycles. The van der Waals surface area contributed by atoms with Gasteiger partial charge >= 0.3 is 0 Å². The number of benzene rings is 1. The summed E-state index contributed by atoms with van der Waals surface area (Å²) in [5.74, 6) is 0. The lowest BCUT2D eigenvalue weighted by molar-refractivity contribution is 0.543. The Labute approximate surface area is 113 Å². The number of fused-ring (bicyclic) bond motifs is 1. The summed E-state index contributed by atoms with van der Waals surface area (Å²) in [5.41, 5.74) is 5.71. The highest BCUT2D eigenvalue weighted by molar-refractivity contribution is 5.80. The standard InChI is InChI=1S/C16H19N3/c1-16(2)8-14(16)19-10-17-9-13(19)12-5-3-4-11-6-7-18-15(11)12/h3-5,9-10,14,18H,6-8H2,1-2H3. The maximum atomic E-state index is 4.39. The highest BCUT2D eigenvalue weighted by Crippen LogP contribution is 2.56. The Bertz CT molecular complexity index is 639. The average molecular weight is 253 g/mol. The molecule has 1 aromatic carbocycles. The van der Waals surface area contributed by atoms with Crippen molar-refractivity contribution >= 4 is 5.69 Å². The Morgan fingerprint density at radius 3 is 3.00 bits per heavy atom. The van der Waals surface area contributed by atoms with E-state index in [0.29, 0.717) is 11.5 Å². The minimum Gasteiger partial charge on any atom is -0.384 e.